The van der Waals surface area contributed by atoms with Crippen LogP contribution in [0.3, 0.4) is 0 Å². The Kier molecular flexibility index (Phi) is 11.5. The fourth-order valence-corrected chi connectivity index (χ4v) is 2.10. The molecule has 0 atom stereocenters. The Labute approximate surface area is 184 Å². The standard InChI is InChI=1S/C22H24O10/c1-4-7-30-20(25)15-12-16(21(26)31-10-8-28-18(23)5-2)14-17(13-15)22(27)32-11-9-29-19(24)6-3/h5-6,12-14H,2-4,7-11H2,1H3. The lowest BCUT2D eigenvalue weighted by Gasteiger charge is -2.10. The first-order valence-corrected chi connectivity index (χ1v) is 9.57. The van der Waals surface area contributed by atoms with Gasteiger partial charge in [0, 0.05) is 12.2 Å². The highest BCUT2D eigenvalue weighted by Crippen LogP contribution is 2.15. The Morgan fingerprint density at radius 1 is 0.625 bits per heavy atom. The average molecular weight is 448 g/mol. The zero-order chi connectivity index (χ0) is 23.9. The topological polar surface area (TPSA) is 132 Å². The van der Waals surface area contributed by atoms with Crippen molar-refractivity contribution in [2.45, 2.75) is 13.3 Å². The van der Waals surface area contributed by atoms with Gasteiger partial charge in [-0.3, -0.25) is 0 Å². The van der Waals surface area contributed by atoms with Crippen molar-refractivity contribution in [3.63, 3.8) is 0 Å². The Bertz CT molecular complexity index is 813. The number of esters is 5. The normalized spacial score (nSPS) is 9.78. The third kappa shape index (κ3) is 9.24. The maximum absolute atomic E-state index is 12.3. The Hall–Kier alpha value is -3.95. The first kappa shape index (κ1) is 26.1. The molecule has 0 aliphatic carbocycles. The molecule has 0 spiro atoms. The summed E-state index contributed by atoms with van der Waals surface area (Å²) in [6.45, 7) is 7.52. The molecule has 1 aromatic rings. The van der Waals surface area contributed by atoms with Crippen molar-refractivity contribution in [2.75, 3.05) is 33.0 Å². The smallest absolute Gasteiger partial charge is 0.338 e. The van der Waals surface area contributed by atoms with Crippen molar-refractivity contribution in [2.24, 2.45) is 0 Å². The number of benzene rings is 1. The molecular formula is C22H24O10. The molecule has 0 N–H and O–H groups in total. The fourth-order valence-electron chi connectivity index (χ4n) is 2.10. The van der Waals surface area contributed by atoms with Gasteiger partial charge in [-0.1, -0.05) is 20.1 Å². The van der Waals surface area contributed by atoms with Gasteiger partial charge in [0.1, 0.15) is 26.4 Å². The molecule has 0 fully saturated rings. The van der Waals surface area contributed by atoms with Crippen molar-refractivity contribution < 1.29 is 47.7 Å². The van der Waals surface area contributed by atoms with Crippen LogP contribution in [0.5, 0.6) is 0 Å². The van der Waals surface area contributed by atoms with E-state index in [0.29, 0.717) is 6.42 Å². The van der Waals surface area contributed by atoms with Crippen LogP contribution >= 0.6 is 0 Å². The van der Waals surface area contributed by atoms with Gasteiger partial charge in [0.05, 0.1) is 23.3 Å². The number of hydrogen-bond donors (Lipinski definition) is 0. The number of carbonyl (C=O) groups is 5. The Morgan fingerprint density at radius 2 is 0.938 bits per heavy atom. The van der Waals surface area contributed by atoms with E-state index in [0.717, 1.165) is 12.2 Å². The lowest BCUT2D eigenvalue weighted by Crippen LogP contribution is -2.17. The third-order valence-electron chi connectivity index (χ3n) is 3.53. The molecule has 1 rings (SSSR count). The molecule has 0 bridgehead atoms. The van der Waals surface area contributed by atoms with Gasteiger partial charge in [0.15, 0.2) is 0 Å². The molecule has 0 aromatic heterocycles. The van der Waals surface area contributed by atoms with E-state index in [1.165, 1.54) is 18.2 Å². The molecular weight excluding hydrogens is 424 g/mol. The van der Waals surface area contributed by atoms with Crippen LogP contribution in [0.15, 0.2) is 43.5 Å². The number of hydrogen-bond acceptors (Lipinski definition) is 10. The van der Waals surface area contributed by atoms with Crippen molar-refractivity contribution in [1.82, 2.24) is 0 Å². The second kappa shape index (κ2) is 14.1. The van der Waals surface area contributed by atoms with Gasteiger partial charge in [0.25, 0.3) is 0 Å². The SMILES string of the molecule is C=CC(=O)OCCOC(=O)c1cc(C(=O)OCCC)cc(C(=O)OCCOC(=O)C=C)c1. The summed E-state index contributed by atoms with van der Waals surface area (Å²) in [4.78, 5) is 58.9. The summed E-state index contributed by atoms with van der Waals surface area (Å²) < 4.78 is 24.4. The monoisotopic (exact) mass is 448 g/mol. The molecule has 10 heteroatoms. The summed E-state index contributed by atoms with van der Waals surface area (Å²) in [6, 6.07) is 3.59. The van der Waals surface area contributed by atoms with Crippen molar-refractivity contribution in [3.8, 4) is 0 Å². The fraction of sp³-hybridized carbons (Fsp3) is 0.318. The Balaban J connectivity index is 2.91. The van der Waals surface area contributed by atoms with Gasteiger partial charge >= 0.3 is 29.8 Å². The van der Waals surface area contributed by atoms with Crippen LogP contribution < -0.4 is 0 Å². The summed E-state index contributed by atoms with van der Waals surface area (Å²) in [5, 5.41) is 0. The molecule has 0 aliphatic heterocycles. The predicted octanol–water partition coefficient (Wildman–Crippen LogP) is 2.03. The number of ether oxygens (including phenoxy) is 5. The zero-order valence-corrected chi connectivity index (χ0v) is 17.6. The molecule has 0 amide bonds. The molecule has 0 aliphatic rings. The van der Waals surface area contributed by atoms with E-state index >= 15 is 0 Å². The molecule has 1 aromatic carbocycles. The maximum atomic E-state index is 12.3. The second-order valence-electron chi connectivity index (χ2n) is 5.95. The molecule has 0 saturated carbocycles. The van der Waals surface area contributed by atoms with Crippen LogP contribution in [0.4, 0.5) is 0 Å². The van der Waals surface area contributed by atoms with Gasteiger partial charge in [-0.15, -0.1) is 0 Å². The van der Waals surface area contributed by atoms with E-state index in [1.54, 1.807) is 0 Å². The average Bonchev–Trinajstić information content (AvgIpc) is 2.81. The lowest BCUT2D eigenvalue weighted by atomic mass is 10.1. The summed E-state index contributed by atoms with van der Waals surface area (Å²) in [5.74, 6) is -3.82. The molecule has 0 unspecified atom stereocenters. The van der Waals surface area contributed by atoms with Crippen LogP contribution in [0.25, 0.3) is 0 Å². The molecule has 32 heavy (non-hydrogen) atoms. The van der Waals surface area contributed by atoms with E-state index in [9.17, 15) is 24.0 Å². The van der Waals surface area contributed by atoms with E-state index in [1.807, 2.05) is 6.92 Å². The van der Waals surface area contributed by atoms with E-state index < -0.39 is 29.8 Å². The molecule has 0 saturated heterocycles. The summed E-state index contributed by atoms with van der Waals surface area (Å²) in [5.41, 5.74) is -0.289. The molecule has 0 heterocycles. The minimum atomic E-state index is -0.862. The first-order chi connectivity index (χ1) is 15.3. The lowest BCUT2D eigenvalue weighted by molar-refractivity contribution is -0.139. The highest BCUT2D eigenvalue weighted by atomic mass is 16.6. The van der Waals surface area contributed by atoms with Gasteiger partial charge in [-0.05, 0) is 24.6 Å². The Morgan fingerprint density at radius 3 is 1.25 bits per heavy atom. The molecule has 10 nitrogen and oxygen atoms in total. The van der Waals surface area contributed by atoms with Gasteiger partial charge in [-0.2, -0.15) is 0 Å². The minimum Gasteiger partial charge on any atom is -0.462 e. The predicted molar refractivity (Wildman–Crippen MR) is 110 cm³/mol. The van der Waals surface area contributed by atoms with Crippen LogP contribution in [0.2, 0.25) is 0 Å². The quantitative estimate of drug-likeness (QED) is 0.191. The highest BCUT2D eigenvalue weighted by molar-refractivity contribution is 6.00. The van der Waals surface area contributed by atoms with Crippen molar-refractivity contribution in [1.29, 1.82) is 0 Å². The summed E-state index contributed by atoms with van der Waals surface area (Å²) in [6.07, 6.45) is 2.50. The van der Waals surface area contributed by atoms with Gasteiger partial charge < -0.3 is 23.7 Å². The van der Waals surface area contributed by atoms with Gasteiger partial charge in [0.2, 0.25) is 0 Å². The largest absolute Gasteiger partial charge is 0.462 e. The van der Waals surface area contributed by atoms with E-state index in [-0.39, 0.29) is 49.7 Å². The van der Waals surface area contributed by atoms with Crippen molar-refractivity contribution in [3.05, 3.63) is 60.2 Å². The summed E-state index contributed by atoms with van der Waals surface area (Å²) >= 11 is 0. The van der Waals surface area contributed by atoms with E-state index in [2.05, 4.69) is 13.2 Å². The van der Waals surface area contributed by atoms with Crippen molar-refractivity contribution >= 4 is 29.8 Å². The molecule has 0 radical (unpaired) electrons. The zero-order valence-electron chi connectivity index (χ0n) is 17.6. The van der Waals surface area contributed by atoms with Gasteiger partial charge in [-0.25, -0.2) is 24.0 Å². The first-order valence-electron chi connectivity index (χ1n) is 9.57. The number of carbonyl (C=O) groups excluding carboxylic acids is 5. The van der Waals surface area contributed by atoms with Crippen LogP contribution in [-0.4, -0.2) is 62.9 Å². The third-order valence-corrected chi connectivity index (χ3v) is 3.53. The van der Waals surface area contributed by atoms with Crippen LogP contribution in [-0.2, 0) is 33.3 Å². The second-order valence-corrected chi connectivity index (χ2v) is 5.95. The highest BCUT2D eigenvalue weighted by Gasteiger charge is 2.19. The van der Waals surface area contributed by atoms with Crippen LogP contribution in [0, 0.1) is 0 Å². The number of rotatable bonds is 13. The maximum Gasteiger partial charge on any atom is 0.338 e. The minimum absolute atomic E-state index is 0.0592. The molecule has 172 valence electrons. The van der Waals surface area contributed by atoms with E-state index in [4.69, 9.17) is 23.7 Å². The summed E-state index contributed by atoms with van der Waals surface area (Å²) in [7, 11) is 0. The van der Waals surface area contributed by atoms with Crippen LogP contribution in [0.1, 0.15) is 44.4 Å².